The van der Waals surface area contributed by atoms with Gasteiger partial charge in [-0.25, -0.2) is 0 Å². The Morgan fingerprint density at radius 2 is 2.06 bits per heavy atom. The van der Waals surface area contributed by atoms with Gasteiger partial charge in [0.25, 0.3) is 0 Å². The molecule has 1 amide bonds. The molecule has 1 aromatic heterocycles. The molecule has 0 radical (unpaired) electrons. The van der Waals surface area contributed by atoms with Gasteiger partial charge in [-0.2, -0.15) is 0 Å². The Kier molecular flexibility index (Phi) is 3.21. The molecule has 0 N–H and O–H groups in total. The molecule has 2 heterocycles. The lowest BCUT2D eigenvalue weighted by Crippen LogP contribution is -2.39. The van der Waals surface area contributed by atoms with E-state index < -0.39 is 0 Å². The summed E-state index contributed by atoms with van der Waals surface area (Å²) >= 11 is 0. The van der Waals surface area contributed by atoms with E-state index in [4.69, 9.17) is 4.52 Å². The molecule has 18 heavy (non-hydrogen) atoms. The van der Waals surface area contributed by atoms with Crippen LogP contribution >= 0.6 is 0 Å². The van der Waals surface area contributed by atoms with Crippen molar-refractivity contribution in [3.63, 3.8) is 0 Å². The maximum atomic E-state index is 12.5. The van der Waals surface area contributed by atoms with Crippen molar-refractivity contribution in [1.82, 2.24) is 10.1 Å². The van der Waals surface area contributed by atoms with Crippen LogP contribution in [0.15, 0.2) is 4.52 Å². The van der Waals surface area contributed by atoms with Crippen LogP contribution in [0, 0.1) is 19.3 Å². The third-order valence-electron chi connectivity index (χ3n) is 3.58. The number of amides is 1. The van der Waals surface area contributed by atoms with E-state index in [2.05, 4.69) is 5.16 Å². The normalized spacial score (nSPS) is 20.5. The van der Waals surface area contributed by atoms with Crippen LogP contribution in [-0.4, -0.2) is 22.5 Å². The number of nitrogens with zero attached hydrogens (tertiary/aromatic N) is 2. The molecule has 1 aliphatic rings. The number of carbonyl (C=O) groups excluding carboxylic acids is 1. The zero-order chi connectivity index (χ0) is 13.5. The zero-order valence-corrected chi connectivity index (χ0v) is 11.9. The summed E-state index contributed by atoms with van der Waals surface area (Å²) in [5.74, 6) is 1.05. The van der Waals surface area contributed by atoms with Crippen LogP contribution < -0.4 is 0 Å². The first-order valence-corrected chi connectivity index (χ1v) is 6.56. The lowest BCUT2D eigenvalue weighted by Gasteiger charge is -2.31. The molecule has 0 aromatic carbocycles. The predicted octanol–water partition coefficient (Wildman–Crippen LogP) is 3.00. The van der Waals surface area contributed by atoms with Gasteiger partial charge in [-0.15, -0.1) is 0 Å². The van der Waals surface area contributed by atoms with Gasteiger partial charge >= 0.3 is 0 Å². The third-order valence-corrected chi connectivity index (χ3v) is 3.58. The minimum Gasteiger partial charge on any atom is -0.361 e. The molecule has 0 aliphatic carbocycles. The second-order valence-corrected chi connectivity index (χ2v) is 6.14. The van der Waals surface area contributed by atoms with Crippen LogP contribution in [0.3, 0.4) is 0 Å². The molecule has 0 unspecified atom stereocenters. The van der Waals surface area contributed by atoms with Crippen molar-refractivity contribution in [3.8, 4) is 0 Å². The van der Waals surface area contributed by atoms with Crippen molar-refractivity contribution in [1.29, 1.82) is 0 Å². The number of hydrogen-bond acceptors (Lipinski definition) is 3. The monoisotopic (exact) mass is 250 g/mol. The van der Waals surface area contributed by atoms with Gasteiger partial charge in [0.15, 0.2) is 0 Å². The van der Waals surface area contributed by atoms with E-state index in [-0.39, 0.29) is 17.4 Å². The van der Waals surface area contributed by atoms with Crippen molar-refractivity contribution >= 4 is 5.91 Å². The first-order chi connectivity index (χ1) is 8.32. The molecule has 1 atom stereocenters. The number of rotatable bonds is 1. The van der Waals surface area contributed by atoms with Crippen LogP contribution in [0.4, 0.5) is 0 Å². The summed E-state index contributed by atoms with van der Waals surface area (Å²) in [5, 5.41) is 4.00. The molecule has 1 aliphatic heterocycles. The van der Waals surface area contributed by atoms with E-state index in [1.807, 2.05) is 39.5 Å². The first-order valence-electron chi connectivity index (χ1n) is 6.56. The SMILES string of the molecule is Cc1noc(C)c1[C@@H]1CCCN1C(=O)C(C)(C)C. The van der Waals surface area contributed by atoms with Gasteiger partial charge in [0, 0.05) is 17.5 Å². The first kappa shape index (κ1) is 13.1. The Hall–Kier alpha value is -1.32. The van der Waals surface area contributed by atoms with E-state index in [0.29, 0.717) is 0 Å². The van der Waals surface area contributed by atoms with Gasteiger partial charge in [-0.3, -0.25) is 4.79 Å². The Labute approximate surface area is 108 Å². The Bertz CT molecular complexity index is 437. The van der Waals surface area contributed by atoms with Gasteiger partial charge in [-0.1, -0.05) is 25.9 Å². The Morgan fingerprint density at radius 3 is 2.56 bits per heavy atom. The van der Waals surface area contributed by atoms with Gasteiger partial charge in [0.2, 0.25) is 5.91 Å². The average Bonchev–Trinajstić information content (AvgIpc) is 2.83. The van der Waals surface area contributed by atoms with Crippen LogP contribution in [0.2, 0.25) is 0 Å². The summed E-state index contributed by atoms with van der Waals surface area (Å²) in [7, 11) is 0. The van der Waals surface area contributed by atoms with Gasteiger partial charge < -0.3 is 9.42 Å². The standard InChI is InChI=1S/C14H22N2O2/c1-9-12(10(2)18-15-9)11-7-6-8-16(11)13(17)14(3,4)5/h11H,6-8H2,1-5H3/t11-/m0/s1. The summed E-state index contributed by atoms with van der Waals surface area (Å²) in [6.45, 7) is 10.6. The Balaban J connectivity index is 2.31. The number of aromatic nitrogens is 1. The summed E-state index contributed by atoms with van der Waals surface area (Å²) < 4.78 is 5.23. The van der Waals surface area contributed by atoms with Crippen molar-refractivity contribution < 1.29 is 9.32 Å². The molecular formula is C14H22N2O2. The van der Waals surface area contributed by atoms with Gasteiger partial charge in [0.05, 0.1) is 11.7 Å². The highest BCUT2D eigenvalue weighted by Gasteiger charge is 2.37. The molecule has 1 aromatic rings. The summed E-state index contributed by atoms with van der Waals surface area (Å²) in [6, 6.07) is 0.142. The molecule has 100 valence electrons. The second-order valence-electron chi connectivity index (χ2n) is 6.14. The van der Waals surface area contributed by atoms with Crippen LogP contribution in [0.5, 0.6) is 0 Å². The zero-order valence-electron chi connectivity index (χ0n) is 11.9. The van der Waals surface area contributed by atoms with Crippen molar-refractivity contribution in [3.05, 3.63) is 17.0 Å². The maximum Gasteiger partial charge on any atom is 0.228 e. The van der Waals surface area contributed by atoms with Crippen LogP contribution in [-0.2, 0) is 4.79 Å². The van der Waals surface area contributed by atoms with E-state index >= 15 is 0 Å². The molecule has 1 saturated heterocycles. The van der Waals surface area contributed by atoms with E-state index in [1.165, 1.54) is 0 Å². The molecule has 2 rings (SSSR count). The Morgan fingerprint density at radius 1 is 1.39 bits per heavy atom. The van der Waals surface area contributed by atoms with E-state index in [9.17, 15) is 4.79 Å². The summed E-state index contributed by atoms with van der Waals surface area (Å²) in [4.78, 5) is 14.5. The third kappa shape index (κ3) is 2.16. The number of likely N-dealkylation sites (tertiary alicyclic amines) is 1. The largest absolute Gasteiger partial charge is 0.361 e. The fraction of sp³-hybridized carbons (Fsp3) is 0.714. The van der Waals surface area contributed by atoms with Crippen LogP contribution in [0.25, 0.3) is 0 Å². The minimum absolute atomic E-state index is 0.142. The van der Waals surface area contributed by atoms with Crippen molar-refractivity contribution in [2.24, 2.45) is 5.41 Å². The maximum absolute atomic E-state index is 12.5. The number of hydrogen-bond donors (Lipinski definition) is 0. The highest BCUT2D eigenvalue weighted by molar-refractivity contribution is 5.82. The molecular weight excluding hydrogens is 228 g/mol. The van der Waals surface area contributed by atoms with Crippen molar-refractivity contribution in [2.75, 3.05) is 6.54 Å². The highest BCUT2D eigenvalue weighted by atomic mass is 16.5. The van der Waals surface area contributed by atoms with Gasteiger partial charge in [0.1, 0.15) is 5.76 Å². The van der Waals surface area contributed by atoms with Crippen molar-refractivity contribution in [2.45, 2.75) is 53.5 Å². The highest BCUT2D eigenvalue weighted by Crippen LogP contribution is 2.37. The molecule has 4 heteroatoms. The summed E-state index contributed by atoms with van der Waals surface area (Å²) in [6.07, 6.45) is 2.06. The molecule has 0 spiro atoms. The lowest BCUT2D eigenvalue weighted by molar-refractivity contribution is -0.140. The molecule has 1 fully saturated rings. The van der Waals surface area contributed by atoms with Gasteiger partial charge in [-0.05, 0) is 26.7 Å². The molecule has 4 nitrogen and oxygen atoms in total. The fourth-order valence-electron chi connectivity index (χ4n) is 2.71. The van der Waals surface area contributed by atoms with Crippen LogP contribution in [0.1, 0.15) is 56.7 Å². The molecule has 0 saturated carbocycles. The topological polar surface area (TPSA) is 46.3 Å². The predicted molar refractivity (Wildman–Crippen MR) is 69.1 cm³/mol. The quantitative estimate of drug-likeness (QED) is 0.769. The number of aryl methyl sites for hydroxylation is 2. The van der Waals surface area contributed by atoms with E-state index in [0.717, 1.165) is 36.4 Å². The van der Waals surface area contributed by atoms with E-state index in [1.54, 1.807) is 0 Å². The lowest BCUT2D eigenvalue weighted by atomic mass is 9.93. The fourth-order valence-corrected chi connectivity index (χ4v) is 2.71. The second kappa shape index (κ2) is 4.41. The number of carbonyl (C=O) groups is 1. The average molecular weight is 250 g/mol. The molecule has 0 bridgehead atoms. The minimum atomic E-state index is -0.332. The smallest absolute Gasteiger partial charge is 0.228 e. The summed E-state index contributed by atoms with van der Waals surface area (Å²) in [5.41, 5.74) is 1.68.